The van der Waals surface area contributed by atoms with Crippen LogP contribution in [0.2, 0.25) is 0 Å². The molecule has 68 valence electrons. The minimum atomic E-state index is 0.0176. The van der Waals surface area contributed by atoms with Crippen molar-refractivity contribution < 1.29 is 9.53 Å². The number of ketones is 1. The highest BCUT2D eigenvalue weighted by Gasteiger charge is 1.96. The molecular formula is C11H12O2. The third kappa shape index (κ3) is 3.11. The van der Waals surface area contributed by atoms with E-state index in [0.717, 1.165) is 5.56 Å². The summed E-state index contributed by atoms with van der Waals surface area (Å²) in [7, 11) is 0. The van der Waals surface area contributed by atoms with E-state index < -0.39 is 0 Å². The fraction of sp³-hybridized carbons (Fsp3) is 0.182. The van der Waals surface area contributed by atoms with Crippen molar-refractivity contribution in [2.75, 3.05) is 6.61 Å². The maximum absolute atomic E-state index is 10.6. The number of carbonyl (C=O) groups is 1. The van der Waals surface area contributed by atoms with Gasteiger partial charge in [-0.2, -0.15) is 0 Å². The number of hydrogen-bond donors (Lipinski definition) is 0. The monoisotopic (exact) mass is 176 g/mol. The smallest absolute Gasteiger partial charge is 0.167 e. The van der Waals surface area contributed by atoms with Crippen molar-refractivity contribution in [3.63, 3.8) is 0 Å². The first-order chi connectivity index (χ1) is 6.22. The first kappa shape index (κ1) is 9.52. The van der Waals surface area contributed by atoms with Gasteiger partial charge in [-0.25, -0.2) is 0 Å². The van der Waals surface area contributed by atoms with Crippen LogP contribution < -0.4 is 4.74 Å². The van der Waals surface area contributed by atoms with Crippen LogP contribution in [-0.2, 0) is 4.79 Å². The van der Waals surface area contributed by atoms with E-state index in [2.05, 4.69) is 6.58 Å². The van der Waals surface area contributed by atoms with Crippen LogP contribution in [0.3, 0.4) is 0 Å². The largest absolute Gasteiger partial charge is 0.486 e. The quantitative estimate of drug-likeness (QED) is 0.703. The fourth-order valence-electron chi connectivity index (χ4n) is 0.916. The zero-order chi connectivity index (χ0) is 9.68. The maximum atomic E-state index is 10.6. The van der Waals surface area contributed by atoms with Gasteiger partial charge in [-0.1, -0.05) is 24.8 Å². The minimum Gasteiger partial charge on any atom is -0.486 e. The third-order valence-electron chi connectivity index (χ3n) is 1.54. The molecule has 0 saturated heterocycles. The van der Waals surface area contributed by atoms with Gasteiger partial charge in [0.25, 0.3) is 0 Å². The molecule has 0 radical (unpaired) electrons. The summed E-state index contributed by atoms with van der Waals surface area (Å²) in [6.45, 7) is 5.27. The third-order valence-corrected chi connectivity index (χ3v) is 1.54. The predicted molar refractivity (Wildman–Crippen MR) is 52.7 cm³/mol. The van der Waals surface area contributed by atoms with Crippen LogP contribution in [0.5, 0.6) is 5.75 Å². The molecule has 0 aliphatic carbocycles. The molecule has 0 aliphatic heterocycles. The Bertz CT molecular complexity index is 316. The standard InChI is InChI=1S/C11H12O2/c1-3-10-5-4-6-11(7-10)13-8-9(2)12/h3-7H,1,8H2,2H3. The van der Waals surface area contributed by atoms with Crippen LogP contribution in [0.1, 0.15) is 12.5 Å². The van der Waals surface area contributed by atoms with E-state index in [-0.39, 0.29) is 12.4 Å². The van der Waals surface area contributed by atoms with Crippen molar-refractivity contribution >= 4 is 11.9 Å². The average Bonchev–Trinajstić information content (AvgIpc) is 2.15. The molecule has 0 aliphatic rings. The molecule has 0 bridgehead atoms. The molecule has 13 heavy (non-hydrogen) atoms. The molecule has 0 unspecified atom stereocenters. The molecule has 2 heteroatoms. The van der Waals surface area contributed by atoms with Gasteiger partial charge in [-0.3, -0.25) is 4.79 Å². The Morgan fingerprint density at radius 2 is 2.38 bits per heavy atom. The molecule has 2 nitrogen and oxygen atoms in total. The van der Waals surface area contributed by atoms with E-state index in [4.69, 9.17) is 4.74 Å². The van der Waals surface area contributed by atoms with E-state index >= 15 is 0 Å². The van der Waals surface area contributed by atoms with Gasteiger partial charge in [-0.15, -0.1) is 0 Å². The number of rotatable bonds is 4. The van der Waals surface area contributed by atoms with Crippen LogP contribution in [0.25, 0.3) is 6.08 Å². The lowest BCUT2D eigenvalue weighted by atomic mass is 10.2. The Labute approximate surface area is 77.8 Å². The zero-order valence-electron chi connectivity index (χ0n) is 7.62. The topological polar surface area (TPSA) is 26.3 Å². The lowest BCUT2D eigenvalue weighted by Gasteiger charge is -2.03. The molecule has 0 atom stereocenters. The Morgan fingerprint density at radius 1 is 1.62 bits per heavy atom. The fourth-order valence-corrected chi connectivity index (χ4v) is 0.916. The Kier molecular flexibility index (Phi) is 3.26. The van der Waals surface area contributed by atoms with E-state index in [1.807, 2.05) is 24.3 Å². The lowest BCUT2D eigenvalue weighted by molar-refractivity contribution is -0.118. The van der Waals surface area contributed by atoms with Crippen molar-refractivity contribution in [3.8, 4) is 5.75 Å². The van der Waals surface area contributed by atoms with Crippen molar-refractivity contribution in [1.82, 2.24) is 0 Å². The van der Waals surface area contributed by atoms with E-state index in [1.165, 1.54) is 6.92 Å². The second-order valence-corrected chi connectivity index (χ2v) is 2.77. The molecule has 0 amide bonds. The summed E-state index contributed by atoms with van der Waals surface area (Å²) in [5.41, 5.74) is 0.987. The van der Waals surface area contributed by atoms with E-state index in [9.17, 15) is 4.79 Å². The van der Waals surface area contributed by atoms with Crippen LogP contribution >= 0.6 is 0 Å². The Morgan fingerprint density at radius 3 is 3.00 bits per heavy atom. The molecule has 0 N–H and O–H groups in total. The molecule has 0 saturated carbocycles. The van der Waals surface area contributed by atoms with Gasteiger partial charge in [0.15, 0.2) is 5.78 Å². The van der Waals surface area contributed by atoms with Gasteiger partial charge in [0.2, 0.25) is 0 Å². The number of carbonyl (C=O) groups excluding carboxylic acids is 1. The average molecular weight is 176 g/mol. The molecule has 0 fully saturated rings. The molecule has 0 spiro atoms. The summed E-state index contributed by atoms with van der Waals surface area (Å²) in [6, 6.07) is 7.45. The van der Waals surface area contributed by atoms with Gasteiger partial charge in [-0.05, 0) is 24.6 Å². The highest BCUT2D eigenvalue weighted by atomic mass is 16.5. The van der Waals surface area contributed by atoms with E-state index in [1.54, 1.807) is 6.08 Å². The van der Waals surface area contributed by atoms with Crippen molar-refractivity contribution in [2.45, 2.75) is 6.92 Å². The first-order valence-corrected chi connectivity index (χ1v) is 4.07. The number of hydrogen-bond acceptors (Lipinski definition) is 2. The van der Waals surface area contributed by atoms with Crippen LogP contribution in [-0.4, -0.2) is 12.4 Å². The zero-order valence-corrected chi connectivity index (χ0v) is 7.62. The normalized spacial score (nSPS) is 9.31. The number of Topliss-reactive ketones (excluding diaryl/α,β-unsaturated/α-hetero) is 1. The Balaban J connectivity index is 2.66. The lowest BCUT2D eigenvalue weighted by Crippen LogP contribution is -2.06. The summed E-state index contributed by atoms with van der Waals surface area (Å²) in [5.74, 6) is 0.719. The summed E-state index contributed by atoms with van der Waals surface area (Å²) >= 11 is 0. The minimum absolute atomic E-state index is 0.0176. The van der Waals surface area contributed by atoms with Gasteiger partial charge in [0.05, 0.1) is 0 Å². The summed E-state index contributed by atoms with van der Waals surface area (Å²) in [4.78, 5) is 10.6. The van der Waals surface area contributed by atoms with Crippen molar-refractivity contribution in [1.29, 1.82) is 0 Å². The van der Waals surface area contributed by atoms with Gasteiger partial charge in [0.1, 0.15) is 12.4 Å². The summed E-state index contributed by atoms with van der Waals surface area (Å²) < 4.78 is 5.21. The summed E-state index contributed by atoms with van der Waals surface area (Å²) in [6.07, 6.45) is 1.74. The molecule has 1 rings (SSSR count). The molecule has 1 aromatic carbocycles. The SMILES string of the molecule is C=Cc1cccc(OCC(C)=O)c1. The van der Waals surface area contributed by atoms with Crippen molar-refractivity contribution in [2.24, 2.45) is 0 Å². The number of ether oxygens (including phenoxy) is 1. The van der Waals surface area contributed by atoms with Gasteiger partial charge >= 0.3 is 0 Å². The predicted octanol–water partition coefficient (Wildman–Crippen LogP) is 2.30. The summed E-state index contributed by atoms with van der Waals surface area (Å²) in [5, 5.41) is 0. The second-order valence-electron chi connectivity index (χ2n) is 2.77. The van der Waals surface area contributed by atoms with Crippen LogP contribution in [0.15, 0.2) is 30.8 Å². The highest BCUT2D eigenvalue weighted by Crippen LogP contribution is 2.13. The molecule has 0 aromatic heterocycles. The molecule has 1 aromatic rings. The van der Waals surface area contributed by atoms with Crippen LogP contribution in [0, 0.1) is 0 Å². The highest BCUT2D eigenvalue weighted by molar-refractivity contribution is 5.77. The van der Waals surface area contributed by atoms with Gasteiger partial charge in [0, 0.05) is 0 Å². The maximum Gasteiger partial charge on any atom is 0.167 e. The van der Waals surface area contributed by atoms with Crippen LogP contribution in [0.4, 0.5) is 0 Å². The molecule has 0 heterocycles. The second kappa shape index (κ2) is 4.45. The van der Waals surface area contributed by atoms with E-state index in [0.29, 0.717) is 5.75 Å². The van der Waals surface area contributed by atoms with Gasteiger partial charge < -0.3 is 4.74 Å². The Hall–Kier alpha value is -1.57. The number of benzene rings is 1. The first-order valence-electron chi connectivity index (χ1n) is 4.07. The van der Waals surface area contributed by atoms with Crippen molar-refractivity contribution in [3.05, 3.63) is 36.4 Å². The molecular weight excluding hydrogens is 164 g/mol.